The maximum absolute atomic E-state index is 12.8. The number of hydrogen-bond acceptors (Lipinski definition) is 3. The first-order valence-electron chi connectivity index (χ1n) is 11.5. The fourth-order valence-corrected chi connectivity index (χ4v) is 5.30. The van der Waals surface area contributed by atoms with E-state index < -0.39 is 0 Å². The van der Waals surface area contributed by atoms with Gasteiger partial charge in [-0.1, -0.05) is 70.4 Å². The molecule has 1 aliphatic rings. The van der Waals surface area contributed by atoms with Gasteiger partial charge < -0.3 is 5.32 Å². The van der Waals surface area contributed by atoms with Gasteiger partial charge in [0.2, 0.25) is 11.8 Å². The summed E-state index contributed by atoms with van der Waals surface area (Å²) < 4.78 is 0. The van der Waals surface area contributed by atoms with Crippen LogP contribution >= 0.6 is 11.8 Å². The molecule has 2 atom stereocenters. The number of amides is 2. The van der Waals surface area contributed by atoms with E-state index in [-0.39, 0.29) is 23.1 Å². The first-order chi connectivity index (χ1) is 15.1. The third kappa shape index (κ3) is 5.70. The van der Waals surface area contributed by atoms with Crippen LogP contribution in [-0.4, -0.2) is 17.6 Å². The van der Waals surface area contributed by atoms with E-state index >= 15 is 0 Å². The van der Waals surface area contributed by atoms with Crippen LogP contribution in [0.4, 0.5) is 11.4 Å². The fourth-order valence-electron chi connectivity index (χ4n) is 4.14. The van der Waals surface area contributed by atoms with Gasteiger partial charge in [0.05, 0.1) is 5.75 Å². The number of thioether (sulfide) groups is 1. The van der Waals surface area contributed by atoms with Crippen molar-refractivity contribution in [1.82, 2.24) is 0 Å². The van der Waals surface area contributed by atoms with E-state index in [9.17, 15) is 9.59 Å². The van der Waals surface area contributed by atoms with E-state index in [1.165, 1.54) is 5.56 Å². The van der Waals surface area contributed by atoms with Crippen LogP contribution in [0.15, 0.2) is 48.5 Å². The van der Waals surface area contributed by atoms with Crippen molar-refractivity contribution >= 4 is 35.0 Å². The maximum Gasteiger partial charge on any atom is 0.238 e. The van der Waals surface area contributed by atoms with E-state index in [2.05, 4.69) is 38.2 Å². The second-order valence-electron chi connectivity index (χ2n) is 8.17. The van der Waals surface area contributed by atoms with Crippen molar-refractivity contribution in [3.63, 3.8) is 0 Å². The van der Waals surface area contributed by atoms with Gasteiger partial charge in [-0.15, -0.1) is 11.8 Å². The van der Waals surface area contributed by atoms with Crippen LogP contribution in [0, 0.1) is 5.92 Å². The minimum absolute atomic E-state index is 0.0449. The van der Waals surface area contributed by atoms with Crippen molar-refractivity contribution < 1.29 is 9.59 Å². The highest BCUT2D eigenvalue weighted by atomic mass is 32.2. The zero-order valence-corrected chi connectivity index (χ0v) is 19.7. The third-order valence-electron chi connectivity index (χ3n) is 5.85. The van der Waals surface area contributed by atoms with Gasteiger partial charge in [-0.05, 0) is 48.6 Å². The van der Waals surface area contributed by atoms with Gasteiger partial charge in [-0.3, -0.25) is 14.5 Å². The summed E-state index contributed by atoms with van der Waals surface area (Å²) in [7, 11) is 0. The van der Waals surface area contributed by atoms with Crippen LogP contribution in [0.3, 0.4) is 0 Å². The van der Waals surface area contributed by atoms with E-state index in [0.29, 0.717) is 5.75 Å². The quantitative estimate of drug-likeness (QED) is 0.456. The smallest absolute Gasteiger partial charge is 0.238 e. The molecule has 5 heteroatoms. The standard InChI is InChI=1S/C26H34N2O2S/c1-4-7-12-19(6-3)25(30)27-22-15-10-14-21(17-22)26-28(24(29)18-31-26)23-16-9-8-13-20(23)11-5-2/h8-10,13-17,19,26H,4-7,11-12,18H2,1-3H3,(H,27,30)/t19-,26-/m1/s1. The van der Waals surface area contributed by atoms with Crippen LogP contribution in [0.5, 0.6) is 0 Å². The molecule has 3 rings (SSSR count). The molecular formula is C26H34N2O2S. The molecule has 1 aliphatic heterocycles. The molecule has 166 valence electrons. The number of benzene rings is 2. The van der Waals surface area contributed by atoms with Gasteiger partial charge in [0.25, 0.3) is 0 Å². The molecule has 1 saturated heterocycles. The number of para-hydroxylation sites is 1. The highest BCUT2D eigenvalue weighted by molar-refractivity contribution is 8.00. The Morgan fingerprint density at radius 1 is 1.13 bits per heavy atom. The first-order valence-corrected chi connectivity index (χ1v) is 12.6. The fraction of sp³-hybridized carbons (Fsp3) is 0.462. The van der Waals surface area contributed by atoms with Crippen molar-refractivity contribution in [1.29, 1.82) is 0 Å². The topological polar surface area (TPSA) is 49.4 Å². The molecule has 0 bridgehead atoms. The maximum atomic E-state index is 12.8. The van der Waals surface area contributed by atoms with Crippen molar-refractivity contribution in [2.45, 2.75) is 64.7 Å². The summed E-state index contributed by atoms with van der Waals surface area (Å²) >= 11 is 1.65. The van der Waals surface area contributed by atoms with Gasteiger partial charge in [-0.25, -0.2) is 0 Å². The Labute approximate surface area is 190 Å². The molecule has 2 aromatic rings. The third-order valence-corrected chi connectivity index (χ3v) is 7.06. The van der Waals surface area contributed by atoms with Crippen molar-refractivity contribution in [2.75, 3.05) is 16.0 Å². The molecule has 4 nitrogen and oxygen atoms in total. The van der Waals surface area contributed by atoms with Gasteiger partial charge in [0, 0.05) is 17.3 Å². The summed E-state index contributed by atoms with van der Waals surface area (Å²) in [6.45, 7) is 6.38. The number of rotatable bonds is 10. The first kappa shape index (κ1) is 23.4. The molecule has 1 fully saturated rings. The number of nitrogens with zero attached hydrogens (tertiary/aromatic N) is 1. The number of unbranched alkanes of at least 4 members (excludes halogenated alkanes) is 1. The Morgan fingerprint density at radius 2 is 1.94 bits per heavy atom. The average molecular weight is 439 g/mol. The van der Waals surface area contributed by atoms with Crippen LogP contribution in [0.2, 0.25) is 0 Å². The number of carbonyl (C=O) groups is 2. The Balaban J connectivity index is 1.83. The molecule has 0 aliphatic carbocycles. The molecule has 0 saturated carbocycles. The minimum atomic E-state index is -0.0792. The molecule has 31 heavy (non-hydrogen) atoms. The summed E-state index contributed by atoms with van der Waals surface area (Å²) in [5.74, 6) is 0.742. The van der Waals surface area contributed by atoms with E-state index in [1.54, 1.807) is 11.8 Å². The second-order valence-corrected chi connectivity index (χ2v) is 9.24. The van der Waals surface area contributed by atoms with Crippen molar-refractivity contribution in [3.8, 4) is 0 Å². The lowest BCUT2D eigenvalue weighted by Gasteiger charge is -2.27. The molecule has 0 unspecified atom stereocenters. The zero-order valence-electron chi connectivity index (χ0n) is 18.9. The van der Waals surface area contributed by atoms with Gasteiger partial charge in [0.1, 0.15) is 5.37 Å². The molecule has 1 heterocycles. The summed E-state index contributed by atoms with van der Waals surface area (Å²) in [5, 5.41) is 3.03. The Bertz CT molecular complexity index is 898. The Hall–Kier alpha value is -2.27. The number of aryl methyl sites for hydroxylation is 1. The predicted octanol–water partition coefficient (Wildman–Crippen LogP) is 6.57. The second kappa shape index (κ2) is 11.4. The van der Waals surface area contributed by atoms with Crippen LogP contribution in [0.25, 0.3) is 0 Å². The lowest BCUT2D eigenvalue weighted by Crippen LogP contribution is -2.29. The summed E-state index contributed by atoms with van der Waals surface area (Å²) in [4.78, 5) is 27.5. The van der Waals surface area contributed by atoms with Gasteiger partial charge in [0.15, 0.2) is 0 Å². The largest absolute Gasteiger partial charge is 0.326 e. The monoisotopic (exact) mass is 438 g/mol. The van der Waals surface area contributed by atoms with Crippen molar-refractivity contribution in [2.24, 2.45) is 5.92 Å². The highest BCUT2D eigenvalue weighted by Gasteiger charge is 2.35. The number of anilines is 2. The van der Waals surface area contributed by atoms with E-state index in [1.807, 2.05) is 41.3 Å². The minimum Gasteiger partial charge on any atom is -0.326 e. The molecule has 1 N–H and O–H groups in total. The van der Waals surface area contributed by atoms with Gasteiger partial charge >= 0.3 is 0 Å². The Kier molecular flexibility index (Phi) is 8.59. The van der Waals surface area contributed by atoms with Gasteiger partial charge in [-0.2, -0.15) is 0 Å². The summed E-state index contributed by atoms with van der Waals surface area (Å²) in [6.07, 6.45) is 5.92. The van der Waals surface area contributed by atoms with Crippen LogP contribution in [-0.2, 0) is 16.0 Å². The number of carbonyl (C=O) groups excluding carboxylic acids is 2. The lowest BCUT2D eigenvalue weighted by atomic mass is 9.98. The highest BCUT2D eigenvalue weighted by Crippen LogP contribution is 2.43. The van der Waals surface area contributed by atoms with E-state index in [0.717, 1.165) is 55.5 Å². The van der Waals surface area contributed by atoms with Crippen molar-refractivity contribution in [3.05, 3.63) is 59.7 Å². The summed E-state index contributed by atoms with van der Waals surface area (Å²) in [5.41, 5.74) is 4.06. The predicted molar refractivity (Wildman–Crippen MR) is 131 cm³/mol. The zero-order chi connectivity index (χ0) is 22.2. The molecule has 2 amide bonds. The molecular weight excluding hydrogens is 404 g/mol. The molecule has 2 aromatic carbocycles. The van der Waals surface area contributed by atoms with Crippen LogP contribution < -0.4 is 10.2 Å². The van der Waals surface area contributed by atoms with Crippen LogP contribution in [0.1, 0.15) is 69.4 Å². The van der Waals surface area contributed by atoms with E-state index in [4.69, 9.17) is 0 Å². The summed E-state index contributed by atoms with van der Waals surface area (Å²) in [6, 6.07) is 16.2. The normalized spacial score (nSPS) is 17.1. The number of nitrogens with one attached hydrogen (secondary N) is 1. The lowest BCUT2D eigenvalue weighted by molar-refractivity contribution is -0.120. The average Bonchev–Trinajstić information content (AvgIpc) is 3.16. The Morgan fingerprint density at radius 3 is 2.68 bits per heavy atom. The SMILES string of the molecule is CCCC[C@@H](CC)C(=O)Nc1cccc([C@H]2SCC(=O)N2c2ccccc2CCC)c1. The molecule has 0 radical (unpaired) electrons. The molecule has 0 spiro atoms. The molecule has 0 aromatic heterocycles. The number of hydrogen-bond donors (Lipinski definition) is 1.